The Morgan fingerprint density at radius 2 is 2.33 bits per heavy atom. The molecule has 0 saturated heterocycles. The number of thioether (sulfide) groups is 1. The molecule has 15 heavy (non-hydrogen) atoms. The van der Waals surface area contributed by atoms with E-state index >= 15 is 0 Å². The molecule has 1 aromatic rings. The molecule has 0 N–H and O–H groups in total. The first-order valence-corrected chi connectivity index (χ1v) is 5.95. The molecule has 0 unspecified atom stereocenters. The number of carbonyl (C=O) groups excluding carboxylic acids is 1. The van der Waals surface area contributed by atoms with Gasteiger partial charge in [0.2, 0.25) is 0 Å². The van der Waals surface area contributed by atoms with E-state index in [-0.39, 0.29) is 10.9 Å². The van der Waals surface area contributed by atoms with E-state index < -0.39 is 0 Å². The van der Waals surface area contributed by atoms with Gasteiger partial charge in [-0.25, -0.2) is 4.39 Å². The predicted octanol–water partition coefficient (Wildman–Crippen LogP) is 3.22. The molecule has 4 heteroatoms. The van der Waals surface area contributed by atoms with E-state index in [1.807, 2.05) is 0 Å². The number of benzene rings is 1. The molecule has 0 aliphatic carbocycles. The molecule has 0 fully saturated rings. The lowest BCUT2D eigenvalue weighted by atomic mass is 10.2. The van der Waals surface area contributed by atoms with Crippen LogP contribution in [-0.4, -0.2) is 10.9 Å². The zero-order valence-corrected chi connectivity index (χ0v) is 10.4. The van der Waals surface area contributed by atoms with Crippen LogP contribution in [0.3, 0.4) is 0 Å². The minimum absolute atomic E-state index is 0.0130. The first-order chi connectivity index (χ1) is 7.09. The van der Waals surface area contributed by atoms with Gasteiger partial charge in [-0.3, -0.25) is 4.79 Å². The molecule has 78 valence electrons. The monoisotopic (exact) mass is 286 g/mol. The highest BCUT2D eigenvalue weighted by atomic mass is 79.9. The molecule has 1 nitrogen and oxygen atoms in total. The van der Waals surface area contributed by atoms with Gasteiger partial charge in [0.15, 0.2) is 5.12 Å². The van der Waals surface area contributed by atoms with Crippen molar-refractivity contribution < 1.29 is 9.18 Å². The Kier molecular flexibility index (Phi) is 4.86. The Bertz CT molecular complexity index is 434. The van der Waals surface area contributed by atoms with Gasteiger partial charge in [-0.1, -0.05) is 39.5 Å². The molecule has 0 aliphatic rings. The van der Waals surface area contributed by atoms with E-state index in [1.165, 1.54) is 13.0 Å². The summed E-state index contributed by atoms with van der Waals surface area (Å²) in [5, 5.41) is 0.0130. The summed E-state index contributed by atoms with van der Waals surface area (Å²) in [6.07, 6.45) is 0. The highest BCUT2D eigenvalue weighted by molar-refractivity contribution is 9.10. The Hall–Kier alpha value is -0.790. The second-order valence-corrected chi connectivity index (χ2v) is 4.77. The second kappa shape index (κ2) is 5.94. The van der Waals surface area contributed by atoms with Crippen LogP contribution >= 0.6 is 27.7 Å². The topological polar surface area (TPSA) is 17.1 Å². The van der Waals surface area contributed by atoms with Crippen LogP contribution in [0.25, 0.3) is 0 Å². The van der Waals surface area contributed by atoms with Crippen molar-refractivity contribution in [3.8, 4) is 11.8 Å². The van der Waals surface area contributed by atoms with Crippen molar-refractivity contribution in [3.63, 3.8) is 0 Å². The van der Waals surface area contributed by atoms with Gasteiger partial charge < -0.3 is 0 Å². The molecule has 0 aromatic heterocycles. The lowest BCUT2D eigenvalue weighted by Crippen LogP contribution is -1.85. The van der Waals surface area contributed by atoms with E-state index in [9.17, 15) is 9.18 Å². The first kappa shape index (κ1) is 12.3. The Balaban J connectivity index is 2.71. The van der Waals surface area contributed by atoms with E-state index in [0.29, 0.717) is 11.3 Å². The van der Waals surface area contributed by atoms with Crippen molar-refractivity contribution in [2.75, 3.05) is 5.75 Å². The van der Waals surface area contributed by atoms with Crippen LogP contribution in [-0.2, 0) is 4.79 Å². The molecule has 0 atom stereocenters. The van der Waals surface area contributed by atoms with Crippen molar-refractivity contribution in [1.82, 2.24) is 0 Å². The van der Waals surface area contributed by atoms with E-state index in [2.05, 4.69) is 27.8 Å². The minimum Gasteiger partial charge on any atom is -0.288 e. The predicted molar refractivity (Wildman–Crippen MR) is 64.1 cm³/mol. The Labute approximate surface area is 101 Å². The third-order valence-corrected chi connectivity index (χ3v) is 2.69. The van der Waals surface area contributed by atoms with Crippen LogP contribution in [0.4, 0.5) is 4.39 Å². The van der Waals surface area contributed by atoms with E-state index in [0.717, 1.165) is 16.2 Å². The molecular formula is C11H8BrFOS. The molecule has 1 rings (SSSR count). The van der Waals surface area contributed by atoms with Crippen LogP contribution in [0.1, 0.15) is 12.5 Å². The minimum atomic E-state index is -0.349. The van der Waals surface area contributed by atoms with Crippen LogP contribution in [0.2, 0.25) is 0 Å². The summed E-state index contributed by atoms with van der Waals surface area (Å²) < 4.78 is 13.9. The van der Waals surface area contributed by atoms with Crippen molar-refractivity contribution >= 4 is 32.8 Å². The molecule has 0 amide bonds. The Morgan fingerprint density at radius 3 is 3.00 bits per heavy atom. The van der Waals surface area contributed by atoms with Crippen molar-refractivity contribution in [2.24, 2.45) is 0 Å². The summed E-state index contributed by atoms with van der Waals surface area (Å²) >= 11 is 4.35. The normalized spacial score (nSPS) is 9.27. The third kappa shape index (κ3) is 4.50. The van der Waals surface area contributed by atoms with Gasteiger partial charge in [0.05, 0.1) is 11.3 Å². The van der Waals surface area contributed by atoms with Gasteiger partial charge in [-0.15, -0.1) is 0 Å². The van der Waals surface area contributed by atoms with Gasteiger partial charge in [0.1, 0.15) is 5.82 Å². The molecular weight excluding hydrogens is 279 g/mol. The fraction of sp³-hybridized carbons (Fsp3) is 0.182. The lowest BCUT2D eigenvalue weighted by Gasteiger charge is -1.94. The van der Waals surface area contributed by atoms with Gasteiger partial charge in [0.25, 0.3) is 0 Å². The zero-order chi connectivity index (χ0) is 11.3. The SMILES string of the molecule is CC(=O)SCC#Cc1cc(Br)ccc1F. The number of hydrogen-bond acceptors (Lipinski definition) is 2. The third-order valence-electron chi connectivity index (χ3n) is 1.50. The van der Waals surface area contributed by atoms with Gasteiger partial charge in [0, 0.05) is 11.4 Å². The van der Waals surface area contributed by atoms with Crippen LogP contribution in [0, 0.1) is 17.7 Å². The van der Waals surface area contributed by atoms with Crippen molar-refractivity contribution in [3.05, 3.63) is 34.1 Å². The highest BCUT2D eigenvalue weighted by Gasteiger charge is 1.98. The quantitative estimate of drug-likeness (QED) is 0.738. The number of halogens is 2. The summed E-state index contributed by atoms with van der Waals surface area (Å²) in [5.74, 6) is 5.46. The Morgan fingerprint density at radius 1 is 1.60 bits per heavy atom. The number of carbonyl (C=O) groups is 1. The van der Waals surface area contributed by atoms with Crippen LogP contribution < -0.4 is 0 Å². The second-order valence-electron chi connectivity index (χ2n) is 2.71. The number of rotatable bonds is 1. The fourth-order valence-corrected chi connectivity index (χ4v) is 1.57. The lowest BCUT2D eigenvalue weighted by molar-refractivity contribution is -0.109. The summed E-state index contributed by atoms with van der Waals surface area (Å²) in [6.45, 7) is 1.48. The molecule has 0 heterocycles. The molecule has 0 aliphatic heterocycles. The average Bonchev–Trinajstić information content (AvgIpc) is 2.17. The molecule has 0 saturated carbocycles. The average molecular weight is 287 g/mol. The van der Waals surface area contributed by atoms with E-state index in [1.54, 1.807) is 12.1 Å². The largest absolute Gasteiger partial charge is 0.288 e. The summed E-state index contributed by atoms with van der Waals surface area (Å²) in [4.78, 5) is 10.6. The molecule has 0 bridgehead atoms. The van der Waals surface area contributed by atoms with Crippen molar-refractivity contribution in [2.45, 2.75) is 6.92 Å². The summed E-state index contributed by atoms with van der Waals surface area (Å²) in [5.41, 5.74) is 0.341. The van der Waals surface area contributed by atoms with Crippen LogP contribution in [0.5, 0.6) is 0 Å². The first-order valence-electron chi connectivity index (χ1n) is 4.17. The van der Waals surface area contributed by atoms with E-state index in [4.69, 9.17) is 0 Å². The van der Waals surface area contributed by atoms with Crippen molar-refractivity contribution in [1.29, 1.82) is 0 Å². The maximum atomic E-state index is 13.2. The highest BCUT2D eigenvalue weighted by Crippen LogP contribution is 2.14. The molecule has 1 aromatic carbocycles. The molecule has 0 radical (unpaired) electrons. The van der Waals surface area contributed by atoms with Gasteiger partial charge in [-0.05, 0) is 18.2 Å². The maximum absolute atomic E-state index is 13.2. The molecule has 0 spiro atoms. The standard InChI is InChI=1S/C11H8BrFOS/c1-8(14)15-6-2-3-9-7-10(12)4-5-11(9)13/h4-5,7H,6H2,1H3. The van der Waals surface area contributed by atoms with Crippen LogP contribution in [0.15, 0.2) is 22.7 Å². The maximum Gasteiger partial charge on any atom is 0.186 e. The smallest absolute Gasteiger partial charge is 0.186 e. The van der Waals surface area contributed by atoms with Gasteiger partial charge >= 0.3 is 0 Å². The van der Waals surface area contributed by atoms with Gasteiger partial charge in [-0.2, -0.15) is 0 Å². The number of hydrogen-bond donors (Lipinski definition) is 0. The summed E-state index contributed by atoms with van der Waals surface area (Å²) in [7, 11) is 0. The summed E-state index contributed by atoms with van der Waals surface area (Å²) in [6, 6.07) is 4.58. The zero-order valence-electron chi connectivity index (χ0n) is 8.01. The fourth-order valence-electron chi connectivity index (χ4n) is 0.862.